The Bertz CT molecular complexity index is 648. The van der Waals surface area contributed by atoms with Crippen molar-refractivity contribution in [2.24, 2.45) is 0 Å². The van der Waals surface area contributed by atoms with Crippen LogP contribution in [0.25, 0.3) is 0 Å². The molecule has 1 atom stereocenters. The van der Waals surface area contributed by atoms with Gasteiger partial charge < -0.3 is 15.0 Å². The topological polar surface area (TPSA) is 58.6 Å². The van der Waals surface area contributed by atoms with Gasteiger partial charge in [0.25, 0.3) is 0 Å². The van der Waals surface area contributed by atoms with Crippen molar-refractivity contribution in [3.8, 4) is 5.75 Å². The van der Waals surface area contributed by atoms with Gasteiger partial charge >= 0.3 is 0 Å². The molecular formula is C20H28N2O3. The first-order chi connectivity index (χ1) is 11.9. The molecule has 2 aliphatic rings. The summed E-state index contributed by atoms with van der Waals surface area (Å²) in [5, 5.41) is 3.00. The molecular weight excluding hydrogens is 316 g/mol. The van der Waals surface area contributed by atoms with Crippen LogP contribution < -0.4 is 10.1 Å². The van der Waals surface area contributed by atoms with Gasteiger partial charge in [-0.1, -0.05) is 18.2 Å². The number of amides is 2. The van der Waals surface area contributed by atoms with Crippen LogP contribution in [0.1, 0.15) is 57.9 Å². The van der Waals surface area contributed by atoms with E-state index in [0.717, 1.165) is 43.7 Å². The van der Waals surface area contributed by atoms with Crippen molar-refractivity contribution >= 4 is 11.8 Å². The van der Waals surface area contributed by atoms with Crippen LogP contribution in [-0.2, 0) is 9.59 Å². The average Bonchev–Trinajstić information content (AvgIpc) is 2.54. The Morgan fingerprint density at radius 3 is 2.60 bits per heavy atom. The van der Waals surface area contributed by atoms with Crippen molar-refractivity contribution in [1.82, 2.24) is 10.2 Å². The number of nitrogens with one attached hydrogen (secondary N) is 1. The van der Waals surface area contributed by atoms with Crippen molar-refractivity contribution in [3.05, 3.63) is 29.8 Å². The van der Waals surface area contributed by atoms with E-state index in [2.05, 4.69) is 11.4 Å². The molecule has 1 aromatic rings. The third-order valence-electron chi connectivity index (χ3n) is 5.31. The normalized spacial score (nSPS) is 21.6. The molecule has 1 saturated heterocycles. The van der Waals surface area contributed by atoms with Crippen LogP contribution in [0.2, 0.25) is 0 Å². The summed E-state index contributed by atoms with van der Waals surface area (Å²) >= 11 is 0. The fourth-order valence-corrected chi connectivity index (χ4v) is 4.07. The lowest BCUT2D eigenvalue weighted by molar-refractivity contribution is -0.132. The van der Waals surface area contributed by atoms with Crippen molar-refractivity contribution < 1.29 is 14.3 Å². The highest BCUT2D eigenvalue weighted by molar-refractivity contribution is 5.77. The number of benzene rings is 1. The fourth-order valence-electron chi connectivity index (χ4n) is 4.07. The maximum absolute atomic E-state index is 12.3. The van der Waals surface area contributed by atoms with Gasteiger partial charge in [-0.25, -0.2) is 0 Å². The molecule has 1 aromatic carbocycles. The molecule has 0 saturated carbocycles. The quantitative estimate of drug-likeness (QED) is 0.917. The van der Waals surface area contributed by atoms with Gasteiger partial charge in [-0.2, -0.15) is 0 Å². The van der Waals surface area contributed by atoms with Crippen LogP contribution in [0.3, 0.4) is 0 Å². The molecule has 2 amide bonds. The summed E-state index contributed by atoms with van der Waals surface area (Å²) in [6.45, 7) is 7.03. The van der Waals surface area contributed by atoms with Crippen molar-refractivity contribution in [2.75, 3.05) is 13.1 Å². The summed E-state index contributed by atoms with van der Waals surface area (Å²) in [4.78, 5) is 25.8. The van der Waals surface area contributed by atoms with E-state index in [1.54, 1.807) is 6.92 Å². The molecule has 2 heterocycles. The Labute approximate surface area is 149 Å². The molecule has 0 bridgehead atoms. The van der Waals surface area contributed by atoms with Gasteiger partial charge in [0.15, 0.2) is 0 Å². The summed E-state index contributed by atoms with van der Waals surface area (Å²) in [6.07, 6.45) is 2.96. The molecule has 25 heavy (non-hydrogen) atoms. The van der Waals surface area contributed by atoms with E-state index in [-0.39, 0.29) is 29.4 Å². The van der Waals surface area contributed by atoms with Crippen LogP contribution in [-0.4, -0.2) is 41.4 Å². The molecule has 136 valence electrons. The second-order valence-corrected chi connectivity index (χ2v) is 7.66. The largest absolute Gasteiger partial charge is 0.487 e. The number of likely N-dealkylation sites (tertiary alicyclic amines) is 1. The number of hydrogen-bond acceptors (Lipinski definition) is 3. The zero-order valence-corrected chi connectivity index (χ0v) is 15.4. The van der Waals surface area contributed by atoms with Crippen molar-refractivity contribution in [1.29, 1.82) is 0 Å². The zero-order valence-electron chi connectivity index (χ0n) is 15.4. The number of piperidine rings is 1. The van der Waals surface area contributed by atoms with Gasteiger partial charge in [-0.15, -0.1) is 0 Å². The molecule has 0 aliphatic carbocycles. The van der Waals surface area contributed by atoms with Crippen LogP contribution in [0.15, 0.2) is 24.3 Å². The van der Waals surface area contributed by atoms with Crippen LogP contribution in [0.4, 0.5) is 0 Å². The lowest BCUT2D eigenvalue weighted by atomic mass is 9.76. The summed E-state index contributed by atoms with van der Waals surface area (Å²) in [5.41, 5.74) is 0.865. The fraction of sp³-hybridized carbons (Fsp3) is 0.600. The van der Waals surface area contributed by atoms with Gasteiger partial charge in [0.2, 0.25) is 11.8 Å². The molecule has 0 aromatic heterocycles. The van der Waals surface area contributed by atoms with E-state index in [1.165, 1.54) is 0 Å². The van der Waals surface area contributed by atoms with E-state index in [1.807, 2.05) is 36.9 Å². The molecule has 3 rings (SSSR count). The number of ether oxygens (including phenoxy) is 1. The molecule has 1 fully saturated rings. The minimum Gasteiger partial charge on any atom is -0.487 e. The first-order valence-electron chi connectivity index (χ1n) is 9.21. The van der Waals surface area contributed by atoms with Crippen molar-refractivity contribution in [3.63, 3.8) is 0 Å². The molecule has 5 nitrogen and oxygen atoms in total. The minimum absolute atomic E-state index is 0.0908. The number of rotatable bonds is 3. The summed E-state index contributed by atoms with van der Waals surface area (Å²) in [5.74, 6) is 1.27. The Balaban J connectivity index is 1.79. The van der Waals surface area contributed by atoms with Crippen LogP contribution >= 0.6 is 0 Å². The maximum Gasteiger partial charge on any atom is 0.220 e. The Morgan fingerprint density at radius 2 is 1.96 bits per heavy atom. The molecule has 0 radical (unpaired) electrons. The summed E-state index contributed by atoms with van der Waals surface area (Å²) in [7, 11) is 0. The number of nitrogens with zero attached hydrogens (tertiary/aromatic N) is 1. The number of hydrogen-bond donors (Lipinski definition) is 1. The second kappa shape index (κ2) is 7.06. The highest BCUT2D eigenvalue weighted by atomic mass is 16.5. The van der Waals surface area contributed by atoms with Crippen LogP contribution in [0.5, 0.6) is 5.75 Å². The van der Waals surface area contributed by atoms with Gasteiger partial charge in [-0.05, 0) is 31.9 Å². The van der Waals surface area contributed by atoms with Gasteiger partial charge in [0.1, 0.15) is 11.4 Å². The maximum atomic E-state index is 12.3. The smallest absolute Gasteiger partial charge is 0.220 e. The number of fused-ring (bicyclic) bond motifs is 1. The predicted octanol–water partition coefficient (Wildman–Crippen LogP) is 2.85. The monoisotopic (exact) mass is 344 g/mol. The Kier molecular flexibility index (Phi) is 5.02. The average molecular weight is 344 g/mol. The summed E-state index contributed by atoms with van der Waals surface area (Å²) < 4.78 is 6.41. The third kappa shape index (κ3) is 3.97. The first kappa shape index (κ1) is 17.8. The minimum atomic E-state index is -0.261. The highest BCUT2D eigenvalue weighted by Crippen LogP contribution is 2.46. The first-order valence-corrected chi connectivity index (χ1v) is 9.21. The summed E-state index contributed by atoms with van der Waals surface area (Å²) in [6, 6.07) is 8.20. The van der Waals surface area contributed by atoms with Crippen LogP contribution in [0, 0.1) is 0 Å². The second-order valence-electron chi connectivity index (χ2n) is 7.66. The van der Waals surface area contributed by atoms with E-state index >= 15 is 0 Å². The van der Waals surface area contributed by atoms with E-state index in [0.29, 0.717) is 6.42 Å². The van der Waals surface area contributed by atoms with E-state index in [9.17, 15) is 9.59 Å². The third-order valence-corrected chi connectivity index (χ3v) is 5.31. The van der Waals surface area contributed by atoms with Gasteiger partial charge in [-0.3, -0.25) is 9.59 Å². The zero-order chi connectivity index (χ0) is 18.0. The molecule has 5 heteroatoms. The van der Waals surface area contributed by atoms with E-state index in [4.69, 9.17) is 4.74 Å². The molecule has 0 unspecified atom stereocenters. The number of carbonyl (C=O) groups is 2. The molecule has 2 aliphatic heterocycles. The lowest BCUT2D eigenvalue weighted by Crippen LogP contribution is -2.51. The highest BCUT2D eigenvalue weighted by Gasteiger charge is 2.43. The number of carbonyl (C=O) groups excluding carboxylic acids is 2. The number of para-hydroxylation sites is 1. The standard InChI is InChI=1S/C20H28N2O3/c1-14(2)21-19(24)12-16-13-20(8-10-22(11-9-20)15(3)23)25-18-7-5-4-6-17(16)18/h4-7,14,16H,8-13H2,1-3H3,(H,21,24)/t16-/m0/s1. The van der Waals surface area contributed by atoms with E-state index < -0.39 is 0 Å². The van der Waals surface area contributed by atoms with Gasteiger partial charge in [0.05, 0.1) is 0 Å². The lowest BCUT2D eigenvalue weighted by Gasteiger charge is -2.46. The molecule has 1 N–H and O–H groups in total. The van der Waals surface area contributed by atoms with Crippen molar-refractivity contribution in [2.45, 2.75) is 64.0 Å². The SMILES string of the molecule is CC(=O)N1CCC2(CC1)C[C@H](CC(=O)NC(C)C)c1ccccc1O2. The predicted molar refractivity (Wildman–Crippen MR) is 96.5 cm³/mol. The van der Waals surface area contributed by atoms with Gasteiger partial charge in [0, 0.05) is 51.2 Å². The Morgan fingerprint density at radius 1 is 1.28 bits per heavy atom. The molecule has 1 spiro atoms. The Hall–Kier alpha value is -2.04.